The second-order valence-corrected chi connectivity index (χ2v) is 7.09. The van der Waals surface area contributed by atoms with E-state index >= 15 is 0 Å². The van der Waals surface area contributed by atoms with Crippen molar-refractivity contribution in [1.29, 1.82) is 0 Å². The Morgan fingerprint density at radius 3 is 2.62 bits per heavy atom. The summed E-state index contributed by atoms with van der Waals surface area (Å²) in [5.41, 5.74) is 1.04. The van der Waals surface area contributed by atoms with Gasteiger partial charge in [-0.2, -0.15) is 0 Å². The molecule has 0 aliphatic carbocycles. The Balaban J connectivity index is 1.49. The zero-order valence-corrected chi connectivity index (χ0v) is 14.6. The first-order chi connectivity index (χ1) is 11.8. The predicted octanol–water partition coefficient (Wildman–Crippen LogP) is 1.94. The zero-order chi connectivity index (χ0) is 16.4. The molecule has 0 radical (unpaired) electrons. The van der Waals surface area contributed by atoms with Gasteiger partial charge in [0.2, 0.25) is 0 Å². The van der Waals surface area contributed by atoms with E-state index in [4.69, 9.17) is 14.5 Å². The molecule has 1 aromatic rings. The monoisotopic (exact) mass is 332 g/mol. The number of aryl methyl sites for hydroxylation is 1. The van der Waals surface area contributed by atoms with E-state index in [1.54, 1.807) is 0 Å². The molecule has 0 aromatic carbocycles. The highest BCUT2D eigenvalue weighted by atomic mass is 16.5. The lowest BCUT2D eigenvalue weighted by Gasteiger charge is -2.39. The van der Waals surface area contributed by atoms with Crippen LogP contribution in [-0.4, -0.2) is 66.9 Å². The molecule has 3 saturated heterocycles. The number of rotatable bonds is 3. The van der Waals surface area contributed by atoms with Crippen molar-refractivity contribution in [3.63, 3.8) is 0 Å². The molecule has 0 saturated carbocycles. The van der Waals surface area contributed by atoms with E-state index in [0.717, 1.165) is 76.2 Å². The summed E-state index contributed by atoms with van der Waals surface area (Å²) in [5, 5.41) is 0. The van der Waals surface area contributed by atoms with Gasteiger partial charge in [0.05, 0.1) is 12.3 Å². The smallest absolute Gasteiger partial charge is 0.132 e. The van der Waals surface area contributed by atoms with Crippen LogP contribution in [0.15, 0.2) is 6.07 Å². The van der Waals surface area contributed by atoms with Gasteiger partial charge in [-0.25, -0.2) is 9.97 Å². The second-order valence-electron chi connectivity index (χ2n) is 7.09. The van der Waals surface area contributed by atoms with Crippen LogP contribution in [0.4, 0.5) is 5.82 Å². The van der Waals surface area contributed by atoms with E-state index in [0.29, 0.717) is 6.04 Å². The van der Waals surface area contributed by atoms with Crippen LogP contribution in [-0.2, 0) is 9.47 Å². The van der Waals surface area contributed by atoms with Crippen LogP contribution in [0.5, 0.6) is 0 Å². The minimum absolute atomic E-state index is 0.0599. The molecule has 132 valence electrons. The van der Waals surface area contributed by atoms with Crippen molar-refractivity contribution in [2.24, 2.45) is 0 Å². The van der Waals surface area contributed by atoms with E-state index < -0.39 is 0 Å². The quantitative estimate of drug-likeness (QED) is 0.843. The number of nitrogens with zero attached hydrogens (tertiary/aromatic N) is 4. The molecule has 3 aliphatic heterocycles. The normalized spacial score (nSPS) is 26.9. The van der Waals surface area contributed by atoms with Gasteiger partial charge >= 0.3 is 0 Å². The maximum absolute atomic E-state index is 6.08. The molecule has 3 aliphatic rings. The van der Waals surface area contributed by atoms with Gasteiger partial charge in [-0.15, -0.1) is 0 Å². The van der Waals surface area contributed by atoms with Crippen LogP contribution in [0.2, 0.25) is 0 Å². The standard InChI is InChI=1S/C18H28N4O2/c1-14-19-16(12-18(20-14)21-6-2-3-7-21)17-13-22(8-11-24-17)15-4-9-23-10-5-15/h12,15,17H,2-11,13H2,1H3. The minimum Gasteiger partial charge on any atom is -0.381 e. The van der Waals surface area contributed by atoms with Crippen LogP contribution < -0.4 is 4.90 Å². The minimum atomic E-state index is 0.0599. The Bertz CT molecular complexity index is 556. The summed E-state index contributed by atoms with van der Waals surface area (Å²) in [6, 6.07) is 2.78. The molecular formula is C18H28N4O2. The van der Waals surface area contributed by atoms with Crippen molar-refractivity contribution in [1.82, 2.24) is 14.9 Å². The van der Waals surface area contributed by atoms with Gasteiger partial charge in [-0.1, -0.05) is 0 Å². The molecule has 1 unspecified atom stereocenters. The first kappa shape index (κ1) is 16.2. The Morgan fingerprint density at radius 1 is 1.04 bits per heavy atom. The molecule has 0 spiro atoms. The molecule has 3 fully saturated rings. The summed E-state index contributed by atoms with van der Waals surface area (Å²) in [4.78, 5) is 14.3. The van der Waals surface area contributed by atoms with Gasteiger partial charge in [0, 0.05) is 51.5 Å². The van der Waals surface area contributed by atoms with Crippen molar-refractivity contribution in [3.8, 4) is 0 Å². The van der Waals surface area contributed by atoms with Gasteiger partial charge in [0.25, 0.3) is 0 Å². The molecule has 6 heteroatoms. The SMILES string of the molecule is Cc1nc(C2CN(C3CCOCC3)CCO2)cc(N2CCCC2)n1. The van der Waals surface area contributed by atoms with Crippen LogP contribution in [0.1, 0.15) is 43.3 Å². The first-order valence-corrected chi connectivity index (χ1v) is 9.33. The molecule has 1 aromatic heterocycles. The maximum Gasteiger partial charge on any atom is 0.132 e. The molecule has 0 N–H and O–H groups in total. The van der Waals surface area contributed by atoms with Crippen molar-refractivity contribution in [2.75, 3.05) is 50.9 Å². The average Bonchev–Trinajstić information content (AvgIpc) is 3.17. The van der Waals surface area contributed by atoms with E-state index in [1.165, 1.54) is 12.8 Å². The molecule has 0 bridgehead atoms. The summed E-state index contributed by atoms with van der Waals surface area (Å²) >= 11 is 0. The van der Waals surface area contributed by atoms with Crippen molar-refractivity contribution in [2.45, 2.75) is 44.8 Å². The third-order valence-corrected chi connectivity index (χ3v) is 5.41. The summed E-state index contributed by atoms with van der Waals surface area (Å²) < 4.78 is 11.6. The van der Waals surface area contributed by atoms with Crippen molar-refractivity contribution in [3.05, 3.63) is 17.6 Å². The lowest BCUT2D eigenvalue weighted by atomic mass is 10.0. The molecule has 1 atom stereocenters. The average molecular weight is 332 g/mol. The van der Waals surface area contributed by atoms with E-state index in [9.17, 15) is 0 Å². The van der Waals surface area contributed by atoms with E-state index in [1.807, 2.05) is 6.92 Å². The first-order valence-electron chi connectivity index (χ1n) is 9.33. The van der Waals surface area contributed by atoms with E-state index in [-0.39, 0.29) is 6.10 Å². The highest BCUT2D eigenvalue weighted by Crippen LogP contribution is 2.27. The van der Waals surface area contributed by atoms with Gasteiger partial charge < -0.3 is 14.4 Å². The van der Waals surface area contributed by atoms with E-state index in [2.05, 4.69) is 20.9 Å². The molecule has 0 amide bonds. The maximum atomic E-state index is 6.08. The van der Waals surface area contributed by atoms with Gasteiger partial charge in [0.15, 0.2) is 0 Å². The Morgan fingerprint density at radius 2 is 1.83 bits per heavy atom. The number of hydrogen-bond donors (Lipinski definition) is 0. The highest BCUT2D eigenvalue weighted by Gasteiger charge is 2.30. The summed E-state index contributed by atoms with van der Waals surface area (Å²) in [7, 11) is 0. The number of ether oxygens (including phenoxy) is 2. The van der Waals surface area contributed by atoms with Crippen LogP contribution in [0, 0.1) is 6.92 Å². The highest BCUT2D eigenvalue weighted by molar-refractivity contribution is 5.41. The third kappa shape index (κ3) is 3.55. The molecular weight excluding hydrogens is 304 g/mol. The number of hydrogen-bond acceptors (Lipinski definition) is 6. The Labute approximate surface area is 144 Å². The third-order valence-electron chi connectivity index (χ3n) is 5.41. The Kier molecular flexibility index (Phi) is 4.96. The largest absolute Gasteiger partial charge is 0.381 e. The van der Waals surface area contributed by atoms with Crippen LogP contribution in [0.25, 0.3) is 0 Å². The topological polar surface area (TPSA) is 50.7 Å². The zero-order valence-electron chi connectivity index (χ0n) is 14.6. The fraction of sp³-hybridized carbons (Fsp3) is 0.778. The summed E-state index contributed by atoms with van der Waals surface area (Å²) in [6.45, 7) is 8.71. The summed E-state index contributed by atoms with van der Waals surface area (Å²) in [5.74, 6) is 1.92. The predicted molar refractivity (Wildman–Crippen MR) is 92.3 cm³/mol. The molecule has 4 rings (SSSR count). The van der Waals surface area contributed by atoms with Crippen LogP contribution in [0.3, 0.4) is 0 Å². The van der Waals surface area contributed by atoms with Crippen molar-refractivity contribution >= 4 is 5.82 Å². The second kappa shape index (κ2) is 7.33. The molecule has 6 nitrogen and oxygen atoms in total. The van der Waals surface area contributed by atoms with Gasteiger partial charge in [-0.05, 0) is 32.6 Å². The Hall–Kier alpha value is -1.24. The lowest BCUT2D eigenvalue weighted by Crippen LogP contribution is -2.47. The summed E-state index contributed by atoms with van der Waals surface area (Å²) in [6.07, 6.45) is 4.85. The number of anilines is 1. The van der Waals surface area contributed by atoms with Crippen molar-refractivity contribution < 1.29 is 9.47 Å². The number of aromatic nitrogens is 2. The number of morpholine rings is 1. The molecule has 24 heavy (non-hydrogen) atoms. The fourth-order valence-corrected chi connectivity index (χ4v) is 4.08. The van der Waals surface area contributed by atoms with Gasteiger partial charge in [-0.3, -0.25) is 4.90 Å². The fourth-order valence-electron chi connectivity index (χ4n) is 4.08. The molecule has 4 heterocycles. The van der Waals surface area contributed by atoms with Crippen LogP contribution >= 0.6 is 0 Å². The lowest BCUT2D eigenvalue weighted by molar-refractivity contribution is -0.0647. The van der Waals surface area contributed by atoms with Gasteiger partial charge in [0.1, 0.15) is 17.7 Å².